The van der Waals surface area contributed by atoms with Crippen LogP contribution in [0.4, 0.5) is 0 Å². The minimum absolute atomic E-state index is 0.223. The first-order chi connectivity index (χ1) is 11.1. The second kappa shape index (κ2) is 6.84. The van der Waals surface area contributed by atoms with Crippen molar-refractivity contribution in [2.24, 2.45) is 0 Å². The van der Waals surface area contributed by atoms with E-state index in [1.54, 1.807) is 11.3 Å². The third-order valence-electron chi connectivity index (χ3n) is 4.64. The Morgan fingerprint density at radius 1 is 0.913 bits per heavy atom. The van der Waals surface area contributed by atoms with E-state index in [4.69, 9.17) is 0 Å². The highest BCUT2D eigenvalue weighted by molar-refractivity contribution is 7.24. The lowest BCUT2D eigenvalue weighted by Gasteiger charge is -2.10. The van der Waals surface area contributed by atoms with Crippen molar-refractivity contribution < 1.29 is 0 Å². The first kappa shape index (κ1) is 16.2. The van der Waals surface area contributed by atoms with Crippen molar-refractivity contribution in [3.8, 4) is 0 Å². The predicted molar refractivity (Wildman–Crippen MR) is 103 cm³/mol. The molecule has 0 radical (unpaired) electrons. The van der Waals surface area contributed by atoms with Gasteiger partial charge in [-0.3, -0.25) is 4.79 Å². The summed E-state index contributed by atoms with van der Waals surface area (Å²) < 4.78 is 2.27. The van der Waals surface area contributed by atoms with Gasteiger partial charge in [0.15, 0.2) is 5.43 Å². The Kier molecular flexibility index (Phi) is 4.82. The molecule has 0 aliphatic rings. The van der Waals surface area contributed by atoms with Gasteiger partial charge in [0, 0.05) is 20.2 Å². The number of aryl methyl sites for hydroxylation is 3. The van der Waals surface area contributed by atoms with Gasteiger partial charge in [0.2, 0.25) is 0 Å². The van der Waals surface area contributed by atoms with Crippen LogP contribution >= 0.6 is 11.3 Å². The largest absolute Gasteiger partial charge is 0.288 e. The van der Waals surface area contributed by atoms with Crippen molar-refractivity contribution in [2.45, 2.75) is 52.9 Å². The summed E-state index contributed by atoms with van der Waals surface area (Å²) >= 11 is 1.76. The van der Waals surface area contributed by atoms with E-state index in [1.807, 2.05) is 6.92 Å². The lowest BCUT2D eigenvalue weighted by molar-refractivity contribution is 0.668. The van der Waals surface area contributed by atoms with Crippen LogP contribution in [0.15, 0.2) is 35.1 Å². The fourth-order valence-corrected chi connectivity index (χ4v) is 4.58. The van der Waals surface area contributed by atoms with Crippen LogP contribution in [0.5, 0.6) is 0 Å². The molecule has 0 saturated carbocycles. The van der Waals surface area contributed by atoms with E-state index in [1.165, 1.54) is 36.8 Å². The zero-order valence-corrected chi connectivity index (χ0v) is 15.1. The predicted octanol–water partition coefficient (Wildman–Crippen LogP) is 6.15. The molecule has 3 aromatic rings. The molecule has 0 aliphatic heterocycles. The van der Waals surface area contributed by atoms with Crippen LogP contribution in [0.25, 0.3) is 20.2 Å². The molecular formula is C21H24OS. The zero-order chi connectivity index (χ0) is 16.4. The van der Waals surface area contributed by atoms with Crippen molar-refractivity contribution in [3.05, 3.63) is 57.2 Å². The van der Waals surface area contributed by atoms with Gasteiger partial charge >= 0.3 is 0 Å². The third kappa shape index (κ3) is 3.05. The summed E-state index contributed by atoms with van der Waals surface area (Å²) in [5.41, 5.74) is 3.74. The molecule has 0 spiro atoms. The lowest BCUT2D eigenvalue weighted by Crippen LogP contribution is -2.06. The van der Waals surface area contributed by atoms with Crippen LogP contribution in [0.1, 0.15) is 49.3 Å². The molecule has 0 fully saturated rings. The molecule has 0 unspecified atom stereocenters. The summed E-state index contributed by atoms with van der Waals surface area (Å²) in [6.45, 7) is 6.37. The molecule has 1 aromatic heterocycles. The highest BCUT2D eigenvalue weighted by Crippen LogP contribution is 2.30. The average Bonchev–Trinajstić information content (AvgIpc) is 2.55. The number of unbranched alkanes of at least 4 members (excludes halogenated alkanes) is 3. The van der Waals surface area contributed by atoms with E-state index in [0.29, 0.717) is 0 Å². The molecule has 0 saturated heterocycles. The molecule has 3 rings (SSSR count). The fourth-order valence-electron chi connectivity index (χ4n) is 3.30. The number of hydrogen-bond acceptors (Lipinski definition) is 2. The SMILES string of the molecule is CCCCCCc1cccc2sc3c(C)ccc(C)c3c(=O)c12. The first-order valence-corrected chi connectivity index (χ1v) is 9.39. The van der Waals surface area contributed by atoms with Gasteiger partial charge in [0.05, 0.1) is 0 Å². The molecule has 120 valence electrons. The van der Waals surface area contributed by atoms with Gasteiger partial charge in [-0.1, -0.05) is 50.5 Å². The Morgan fingerprint density at radius 2 is 1.70 bits per heavy atom. The molecule has 0 aliphatic carbocycles. The molecule has 1 nitrogen and oxygen atoms in total. The topological polar surface area (TPSA) is 17.1 Å². The van der Waals surface area contributed by atoms with E-state index < -0.39 is 0 Å². The van der Waals surface area contributed by atoms with Gasteiger partial charge in [0.1, 0.15) is 0 Å². The third-order valence-corrected chi connectivity index (χ3v) is 5.93. The molecular weight excluding hydrogens is 300 g/mol. The maximum absolute atomic E-state index is 13.2. The summed E-state index contributed by atoms with van der Waals surface area (Å²) in [4.78, 5) is 13.2. The number of hydrogen-bond donors (Lipinski definition) is 0. The average molecular weight is 324 g/mol. The fraction of sp³-hybridized carbons (Fsp3) is 0.381. The van der Waals surface area contributed by atoms with Crippen LogP contribution in [0, 0.1) is 13.8 Å². The Morgan fingerprint density at radius 3 is 2.48 bits per heavy atom. The van der Waals surface area contributed by atoms with Crippen LogP contribution in [0.3, 0.4) is 0 Å². The molecule has 23 heavy (non-hydrogen) atoms. The van der Waals surface area contributed by atoms with Crippen molar-refractivity contribution in [1.29, 1.82) is 0 Å². The molecule has 0 bridgehead atoms. The Labute approximate surface area is 142 Å². The normalized spacial score (nSPS) is 11.4. The smallest absolute Gasteiger partial charge is 0.196 e. The van der Waals surface area contributed by atoms with Crippen molar-refractivity contribution in [1.82, 2.24) is 0 Å². The van der Waals surface area contributed by atoms with Crippen LogP contribution in [0.2, 0.25) is 0 Å². The van der Waals surface area contributed by atoms with Crippen LogP contribution in [-0.4, -0.2) is 0 Å². The Balaban J connectivity index is 2.19. The van der Waals surface area contributed by atoms with Gasteiger partial charge in [-0.05, 0) is 49.4 Å². The van der Waals surface area contributed by atoms with Gasteiger partial charge in [-0.2, -0.15) is 0 Å². The highest BCUT2D eigenvalue weighted by Gasteiger charge is 2.12. The summed E-state index contributed by atoms with van der Waals surface area (Å²) in [7, 11) is 0. The summed E-state index contributed by atoms with van der Waals surface area (Å²) in [6, 6.07) is 10.5. The standard InChI is InChI=1S/C21H24OS/c1-4-5-6-7-9-16-10-8-11-17-19(16)20(22)18-14(2)12-13-15(3)21(18)23-17/h8,10-13H,4-7,9H2,1-3H3. The molecule has 2 heteroatoms. The van der Waals surface area contributed by atoms with Gasteiger partial charge < -0.3 is 0 Å². The Hall–Kier alpha value is -1.67. The second-order valence-electron chi connectivity index (χ2n) is 6.44. The highest BCUT2D eigenvalue weighted by atomic mass is 32.1. The number of rotatable bonds is 5. The summed E-state index contributed by atoms with van der Waals surface area (Å²) in [6.07, 6.45) is 5.94. The van der Waals surface area contributed by atoms with E-state index in [0.717, 1.165) is 32.2 Å². The van der Waals surface area contributed by atoms with Crippen LogP contribution < -0.4 is 5.43 Å². The van der Waals surface area contributed by atoms with E-state index in [9.17, 15) is 4.79 Å². The number of fused-ring (bicyclic) bond motifs is 2. The van der Waals surface area contributed by atoms with Crippen molar-refractivity contribution in [2.75, 3.05) is 0 Å². The molecule has 0 atom stereocenters. The van der Waals surface area contributed by atoms with Gasteiger partial charge in [0.25, 0.3) is 0 Å². The maximum Gasteiger partial charge on any atom is 0.196 e. The maximum atomic E-state index is 13.2. The molecule has 2 aromatic carbocycles. The van der Waals surface area contributed by atoms with E-state index >= 15 is 0 Å². The molecule has 0 N–H and O–H groups in total. The summed E-state index contributed by atoms with van der Waals surface area (Å²) in [5, 5.41) is 1.87. The molecule has 1 heterocycles. The van der Waals surface area contributed by atoms with Crippen molar-refractivity contribution in [3.63, 3.8) is 0 Å². The van der Waals surface area contributed by atoms with E-state index in [2.05, 4.69) is 44.2 Å². The quantitative estimate of drug-likeness (QED) is 0.406. The van der Waals surface area contributed by atoms with Crippen LogP contribution in [-0.2, 0) is 6.42 Å². The van der Waals surface area contributed by atoms with Crippen molar-refractivity contribution >= 4 is 31.5 Å². The minimum atomic E-state index is 0.223. The monoisotopic (exact) mass is 324 g/mol. The Bertz CT molecular complexity index is 905. The van der Waals surface area contributed by atoms with E-state index in [-0.39, 0.29) is 5.43 Å². The zero-order valence-electron chi connectivity index (χ0n) is 14.2. The molecule has 0 amide bonds. The summed E-state index contributed by atoms with van der Waals surface area (Å²) in [5.74, 6) is 0. The van der Waals surface area contributed by atoms with Gasteiger partial charge in [-0.15, -0.1) is 11.3 Å². The minimum Gasteiger partial charge on any atom is -0.288 e. The second-order valence-corrected chi connectivity index (χ2v) is 7.49. The van der Waals surface area contributed by atoms with Gasteiger partial charge in [-0.25, -0.2) is 0 Å². The first-order valence-electron chi connectivity index (χ1n) is 8.58. The lowest BCUT2D eigenvalue weighted by atomic mass is 10.00. The number of benzene rings is 2.